The van der Waals surface area contributed by atoms with Gasteiger partial charge < -0.3 is 10.1 Å². The summed E-state index contributed by atoms with van der Waals surface area (Å²) in [6.45, 7) is 1.91. The predicted molar refractivity (Wildman–Crippen MR) is 115 cm³/mol. The number of nitrogens with zero attached hydrogens (tertiary/aromatic N) is 4. The number of H-pyrrole nitrogens is 1. The van der Waals surface area contributed by atoms with Crippen molar-refractivity contribution < 1.29 is 4.74 Å². The van der Waals surface area contributed by atoms with E-state index in [1.54, 1.807) is 6.07 Å². The number of aromatic amines is 1. The van der Waals surface area contributed by atoms with E-state index in [1.165, 1.54) is 11.8 Å². The van der Waals surface area contributed by atoms with Gasteiger partial charge in [0, 0.05) is 28.0 Å². The molecule has 2 aromatic carbocycles. The Morgan fingerprint density at radius 3 is 2.62 bits per heavy atom. The zero-order valence-electron chi connectivity index (χ0n) is 15.7. The van der Waals surface area contributed by atoms with Crippen LogP contribution in [0.3, 0.4) is 0 Å². The molecule has 29 heavy (non-hydrogen) atoms. The number of aryl methyl sites for hydroxylation is 1. The second kappa shape index (κ2) is 8.50. The third-order valence-corrected chi connectivity index (χ3v) is 4.69. The summed E-state index contributed by atoms with van der Waals surface area (Å²) in [5.74, 6) is 2.29. The Bertz CT molecular complexity index is 1130. The van der Waals surface area contributed by atoms with Crippen molar-refractivity contribution in [3.8, 4) is 23.0 Å². The van der Waals surface area contributed by atoms with Crippen molar-refractivity contribution in [1.29, 1.82) is 0 Å². The summed E-state index contributed by atoms with van der Waals surface area (Å²) in [7, 11) is 0. The van der Waals surface area contributed by atoms with Crippen molar-refractivity contribution in [3.05, 3.63) is 65.3 Å². The molecule has 9 heteroatoms. The van der Waals surface area contributed by atoms with Crippen LogP contribution in [0.1, 0.15) is 5.69 Å². The third kappa shape index (κ3) is 4.85. The molecule has 0 aliphatic heterocycles. The van der Waals surface area contributed by atoms with Crippen molar-refractivity contribution in [2.45, 2.75) is 12.1 Å². The van der Waals surface area contributed by atoms with Gasteiger partial charge in [0.1, 0.15) is 5.75 Å². The van der Waals surface area contributed by atoms with E-state index in [1.807, 2.05) is 61.7 Å². The molecule has 0 aliphatic rings. The Kier molecular flexibility index (Phi) is 5.64. The fourth-order valence-electron chi connectivity index (χ4n) is 2.60. The summed E-state index contributed by atoms with van der Waals surface area (Å²) in [6.07, 6.45) is 1.93. The molecule has 2 aromatic heterocycles. The maximum Gasteiger partial charge on any atom is 0.246 e. The molecule has 146 valence electrons. The first-order chi connectivity index (χ1) is 14.1. The number of hydrogen-bond acceptors (Lipinski definition) is 7. The van der Waals surface area contributed by atoms with Gasteiger partial charge in [-0.25, -0.2) is 4.98 Å². The number of hydrogen-bond donors (Lipinski definition) is 2. The molecule has 0 saturated heterocycles. The van der Waals surface area contributed by atoms with Crippen molar-refractivity contribution in [3.63, 3.8) is 0 Å². The molecule has 0 fully saturated rings. The van der Waals surface area contributed by atoms with E-state index in [9.17, 15) is 0 Å². The Labute approximate surface area is 176 Å². The summed E-state index contributed by atoms with van der Waals surface area (Å²) >= 11 is 7.51. The van der Waals surface area contributed by atoms with E-state index in [-0.39, 0.29) is 0 Å². The number of anilines is 2. The highest BCUT2D eigenvalue weighted by atomic mass is 35.5. The minimum absolute atomic E-state index is 0.463. The molecule has 0 amide bonds. The zero-order chi connectivity index (χ0) is 20.2. The lowest BCUT2D eigenvalue weighted by atomic mass is 10.2. The quantitative estimate of drug-likeness (QED) is 0.313. The number of halogens is 1. The second-order valence-electron chi connectivity index (χ2n) is 6.10. The normalized spacial score (nSPS) is 10.7. The van der Waals surface area contributed by atoms with Crippen LogP contribution >= 0.6 is 23.4 Å². The Morgan fingerprint density at radius 2 is 1.86 bits per heavy atom. The lowest BCUT2D eigenvalue weighted by molar-refractivity contribution is 0.454. The van der Waals surface area contributed by atoms with Crippen molar-refractivity contribution in [1.82, 2.24) is 25.1 Å². The van der Waals surface area contributed by atoms with Crippen LogP contribution in [-0.2, 0) is 0 Å². The molecular weight excluding hydrogens is 408 g/mol. The Hall–Kier alpha value is -3.10. The Morgan fingerprint density at radius 1 is 1.03 bits per heavy atom. The number of benzene rings is 2. The van der Waals surface area contributed by atoms with E-state index in [2.05, 4.69) is 30.5 Å². The lowest BCUT2D eigenvalue weighted by Crippen LogP contribution is -1.95. The minimum atomic E-state index is 0.463. The first-order valence-corrected chi connectivity index (χ1v) is 10.3. The van der Waals surface area contributed by atoms with E-state index >= 15 is 0 Å². The van der Waals surface area contributed by atoms with Crippen LogP contribution in [0.5, 0.6) is 11.6 Å². The van der Waals surface area contributed by atoms with Crippen molar-refractivity contribution >= 4 is 35.0 Å². The first-order valence-electron chi connectivity index (χ1n) is 8.72. The molecule has 2 N–H and O–H groups in total. The summed E-state index contributed by atoms with van der Waals surface area (Å²) in [5.41, 5.74) is 2.56. The molecule has 4 aromatic rings. The van der Waals surface area contributed by atoms with Gasteiger partial charge in [0.05, 0.1) is 0 Å². The molecular formula is C20H17ClN6OS. The molecule has 7 nitrogen and oxygen atoms in total. The molecule has 0 spiro atoms. The molecule has 0 radical (unpaired) electrons. The SMILES string of the molecule is CSc1nc(C)cc(Oc2ccc(Nc3n[nH]c(-c4cccc(Cl)c4)n3)cc2)n1. The average molecular weight is 425 g/mol. The smallest absolute Gasteiger partial charge is 0.246 e. The predicted octanol–water partition coefficient (Wildman–Crippen LogP) is 5.48. The molecule has 0 saturated carbocycles. The largest absolute Gasteiger partial charge is 0.439 e. The summed E-state index contributed by atoms with van der Waals surface area (Å²) in [4.78, 5) is 13.1. The van der Waals surface area contributed by atoms with E-state index in [4.69, 9.17) is 16.3 Å². The first kappa shape index (κ1) is 19.2. The standard InChI is InChI=1S/C20H17ClN6OS/c1-12-10-17(24-20(22-12)29-2)28-16-8-6-15(7-9-16)23-19-25-18(26-27-19)13-4-3-5-14(21)11-13/h3-11H,1-2H3,(H2,23,25,26,27). The lowest BCUT2D eigenvalue weighted by Gasteiger charge is -2.08. The molecule has 0 atom stereocenters. The van der Waals surface area contributed by atoms with Crippen LogP contribution in [0.4, 0.5) is 11.6 Å². The van der Waals surface area contributed by atoms with Gasteiger partial charge in [-0.1, -0.05) is 35.5 Å². The van der Waals surface area contributed by atoms with Gasteiger partial charge in [-0.3, -0.25) is 5.10 Å². The van der Waals surface area contributed by atoms with E-state index in [0.29, 0.717) is 33.6 Å². The summed E-state index contributed by atoms with van der Waals surface area (Å²) in [5, 5.41) is 11.6. The molecule has 0 aliphatic carbocycles. The van der Waals surface area contributed by atoms with Crippen LogP contribution in [-0.4, -0.2) is 31.4 Å². The molecule has 4 rings (SSSR count). The number of nitrogens with one attached hydrogen (secondary N) is 2. The van der Waals surface area contributed by atoms with Crippen LogP contribution in [0.15, 0.2) is 59.8 Å². The summed E-state index contributed by atoms with van der Waals surface area (Å²) in [6, 6.07) is 16.7. The van der Waals surface area contributed by atoms with Crippen molar-refractivity contribution in [2.75, 3.05) is 11.6 Å². The topological polar surface area (TPSA) is 88.6 Å². The zero-order valence-corrected chi connectivity index (χ0v) is 17.3. The second-order valence-corrected chi connectivity index (χ2v) is 7.31. The maximum absolute atomic E-state index is 6.03. The van der Waals surface area contributed by atoms with Gasteiger partial charge in [0.2, 0.25) is 11.8 Å². The van der Waals surface area contributed by atoms with Gasteiger partial charge in [0.25, 0.3) is 0 Å². The highest BCUT2D eigenvalue weighted by Gasteiger charge is 2.08. The van der Waals surface area contributed by atoms with Crippen LogP contribution in [0.2, 0.25) is 5.02 Å². The third-order valence-electron chi connectivity index (χ3n) is 3.91. The monoisotopic (exact) mass is 424 g/mol. The fourth-order valence-corrected chi connectivity index (χ4v) is 3.20. The van der Waals surface area contributed by atoms with Gasteiger partial charge in [-0.05, 0) is 49.6 Å². The van der Waals surface area contributed by atoms with Gasteiger partial charge in [0.15, 0.2) is 11.0 Å². The van der Waals surface area contributed by atoms with E-state index in [0.717, 1.165) is 16.9 Å². The number of rotatable bonds is 6. The maximum atomic E-state index is 6.03. The summed E-state index contributed by atoms with van der Waals surface area (Å²) < 4.78 is 5.84. The van der Waals surface area contributed by atoms with Crippen LogP contribution in [0.25, 0.3) is 11.4 Å². The van der Waals surface area contributed by atoms with E-state index < -0.39 is 0 Å². The highest BCUT2D eigenvalue weighted by molar-refractivity contribution is 7.98. The molecule has 2 heterocycles. The highest BCUT2D eigenvalue weighted by Crippen LogP contribution is 2.25. The number of thioether (sulfide) groups is 1. The van der Waals surface area contributed by atoms with Gasteiger partial charge in [-0.15, -0.1) is 5.10 Å². The average Bonchev–Trinajstić information content (AvgIpc) is 3.17. The van der Waals surface area contributed by atoms with Crippen LogP contribution in [0, 0.1) is 6.92 Å². The fraction of sp³-hybridized carbons (Fsp3) is 0.100. The van der Waals surface area contributed by atoms with Crippen LogP contribution < -0.4 is 10.1 Å². The molecule has 0 bridgehead atoms. The van der Waals surface area contributed by atoms with Crippen molar-refractivity contribution in [2.24, 2.45) is 0 Å². The van der Waals surface area contributed by atoms with Gasteiger partial charge >= 0.3 is 0 Å². The number of aromatic nitrogens is 5. The number of ether oxygens (including phenoxy) is 1. The minimum Gasteiger partial charge on any atom is -0.439 e. The Balaban J connectivity index is 1.44. The molecule has 0 unspecified atom stereocenters. The van der Waals surface area contributed by atoms with Gasteiger partial charge in [-0.2, -0.15) is 9.97 Å².